The highest BCUT2D eigenvalue weighted by atomic mass is 35.5. The van der Waals surface area contributed by atoms with E-state index in [0.717, 1.165) is 55.6 Å². The van der Waals surface area contributed by atoms with Gasteiger partial charge in [0.05, 0.1) is 10.2 Å². The predicted molar refractivity (Wildman–Crippen MR) is 117 cm³/mol. The Morgan fingerprint density at radius 2 is 1.64 bits per heavy atom. The number of aromatic nitrogens is 1. The van der Waals surface area contributed by atoms with Crippen LogP contribution in [0.15, 0.2) is 66.7 Å². The van der Waals surface area contributed by atoms with Gasteiger partial charge in [-0.25, -0.2) is 4.98 Å². The third-order valence-electron chi connectivity index (χ3n) is 4.94. The smallest absolute Gasteiger partial charge is 0.188 e. The average Bonchev–Trinajstić information content (AvgIpc) is 3.49. The first-order chi connectivity index (χ1) is 13.7. The van der Waals surface area contributed by atoms with Gasteiger partial charge in [-0.05, 0) is 54.3 Å². The normalized spacial score (nSPS) is 13.6. The van der Waals surface area contributed by atoms with Crippen LogP contribution >= 0.6 is 22.9 Å². The van der Waals surface area contributed by atoms with Crippen molar-refractivity contribution in [3.8, 4) is 11.1 Å². The summed E-state index contributed by atoms with van der Waals surface area (Å²) < 4.78 is 1.06. The summed E-state index contributed by atoms with van der Waals surface area (Å²) in [7, 11) is 0. The number of nitrogens with zero attached hydrogens (tertiary/aromatic N) is 1. The Hall–Kier alpha value is -2.69. The molecule has 0 aliphatic heterocycles. The Labute approximate surface area is 172 Å². The Balaban J connectivity index is 1.32. The fourth-order valence-corrected chi connectivity index (χ4v) is 4.39. The molecule has 5 heteroatoms. The van der Waals surface area contributed by atoms with Crippen molar-refractivity contribution in [2.75, 3.05) is 5.32 Å². The Morgan fingerprint density at radius 1 is 0.964 bits per heavy atom. The molecular formula is C23H17ClN2OS. The van der Waals surface area contributed by atoms with Gasteiger partial charge in [0.15, 0.2) is 10.9 Å². The average molecular weight is 405 g/mol. The van der Waals surface area contributed by atoms with E-state index in [4.69, 9.17) is 11.6 Å². The third kappa shape index (κ3) is 3.53. The zero-order valence-corrected chi connectivity index (χ0v) is 16.6. The summed E-state index contributed by atoms with van der Waals surface area (Å²) >= 11 is 7.63. The molecule has 0 atom stereocenters. The van der Waals surface area contributed by atoms with E-state index >= 15 is 0 Å². The van der Waals surface area contributed by atoms with Crippen LogP contribution < -0.4 is 5.32 Å². The van der Waals surface area contributed by atoms with Crippen LogP contribution in [0.2, 0.25) is 5.02 Å². The molecule has 0 spiro atoms. The molecule has 0 bridgehead atoms. The molecular weight excluding hydrogens is 388 g/mol. The summed E-state index contributed by atoms with van der Waals surface area (Å²) in [6, 6.07) is 21.9. The van der Waals surface area contributed by atoms with Gasteiger partial charge in [-0.3, -0.25) is 4.79 Å². The minimum atomic E-state index is 0.259. The molecule has 3 aromatic carbocycles. The maximum atomic E-state index is 12.1. The van der Waals surface area contributed by atoms with Crippen LogP contribution in [0, 0.1) is 5.92 Å². The minimum absolute atomic E-state index is 0.259. The molecule has 5 rings (SSSR count). The predicted octanol–water partition coefficient (Wildman–Crippen LogP) is 6.95. The summed E-state index contributed by atoms with van der Waals surface area (Å²) in [4.78, 5) is 16.7. The monoisotopic (exact) mass is 404 g/mol. The van der Waals surface area contributed by atoms with Crippen molar-refractivity contribution in [2.24, 2.45) is 5.92 Å². The van der Waals surface area contributed by atoms with Crippen LogP contribution in [0.25, 0.3) is 21.3 Å². The molecule has 0 saturated heterocycles. The second-order valence-electron chi connectivity index (χ2n) is 7.05. The number of carbonyl (C=O) groups is 1. The lowest BCUT2D eigenvalue weighted by molar-refractivity contribution is 0.0967. The van der Waals surface area contributed by atoms with Crippen LogP contribution in [-0.2, 0) is 0 Å². The van der Waals surface area contributed by atoms with E-state index in [9.17, 15) is 4.79 Å². The first-order valence-electron chi connectivity index (χ1n) is 9.23. The molecule has 0 radical (unpaired) electrons. The van der Waals surface area contributed by atoms with Crippen molar-refractivity contribution >= 4 is 49.8 Å². The molecule has 1 saturated carbocycles. The second kappa shape index (κ2) is 7.04. The third-order valence-corrected chi connectivity index (χ3v) is 6.11. The van der Waals surface area contributed by atoms with Crippen molar-refractivity contribution < 1.29 is 4.79 Å². The number of benzene rings is 3. The van der Waals surface area contributed by atoms with Gasteiger partial charge in [0.25, 0.3) is 0 Å². The van der Waals surface area contributed by atoms with E-state index < -0.39 is 0 Å². The van der Waals surface area contributed by atoms with Gasteiger partial charge in [-0.1, -0.05) is 59.3 Å². The number of Topliss-reactive ketones (excluding diaryl/α,β-unsaturated/α-hetero) is 1. The van der Waals surface area contributed by atoms with Gasteiger partial charge in [0.2, 0.25) is 0 Å². The fraction of sp³-hybridized carbons (Fsp3) is 0.130. The van der Waals surface area contributed by atoms with Gasteiger partial charge in [-0.15, -0.1) is 0 Å². The quantitative estimate of drug-likeness (QED) is 0.366. The van der Waals surface area contributed by atoms with Gasteiger partial charge < -0.3 is 5.32 Å². The van der Waals surface area contributed by atoms with Crippen molar-refractivity contribution in [1.29, 1.82) is 0 Å². The molecule has 28 heavy (non-hydrogen) atoms. The van der Waals surface area contributed by atoms with Crippen molar-refractivity contribution in [3.63, 3.8) is 0 Å². The number of ketones is 1. The van der Waals surface area contributed by atoms with Crippen LogP contribution in [-0.4, -0.2) is 10.8 Å². The number of carbonyl (C=O) groups excluding carboxylic acids is 1. The summed E-state index contributed by atoms with van der Waals surface area (Å²) in [6.45, 7) is 0. The Morgan fingerprint density at radius 3 is 2.32 bits per heavy atom. The zero-order valence-electron chi connectivity index (χ0n) is 15.0. The van der Waals surface area contributed by atoms with Crippen molar-refractivity contribution in [1.82, 2.24) is 4.98 Å². The summed E-state index contributed by atoms with van der Waals surface area (Å²) in [5.41, 5.74) is 4.96. The Kier molecular flexibility index (Phi) is 4.38. The second-order valence-corrected chi connectivity index (χ2v) is 8.52. The largest absolute Gasteiger partial charge is 0.332 e. The lowest BCUT2D eigenvalue weighted by Crippen LogP contribution is -2.00. The van der Waals surface area contributed by atoms with Crippen LogP contribution in [0.3, 0.4) is 0 Å². The fourth-order valence-electron chi connectivity index (χ4n) is 3.23. The van der Waals surface area contributed by atoms with E-state index in [1.807, 2.05) is 54.6 Å². The maximum Gasteiger partial charge on any atom is 0.188 e. The summed E-state index contributed by atoms with van der Waals surface area (Å²) in [6.07, 6.45) is 2.08. The van der Waals surface area contributed by atoms with E-state index in [1.54, 1.807) is 11.3 Å². The minimum Gasteiger partial charge on any atom is -0.332 e. The SMILES string of the molecule is O=C(c1ccc(-c2ccc(Nc3nc4ccc(Cl)cc4s3)cc2)cc1)C1CC1. The molecule has 0 amide bonds. The number of nitrogens with one attached hydrogen (secondary N) is 1. The first kappa shape index (κ1) is 17.4. The van der Waals surface area contributed by atoms with E-state index in [2.05, 4.69) is 22.4 Å². The number of halogens is 1. The van der Waals surface area contributed by atoms with Gasteiger partial charge in [0.1, 0.15) is 0 Å². The number of anilines is 2. The zero-order chi connectivity index (χ0) is 19.1. The number of hydrogen-bond donors (Lipinski definition) is 1. The summed E-state index contributed by atoms with van der Waals surface area (Å²) in [5.74, 6) is 0.540. The van der Waals surface area contributed by atoms with Crippen molar-refractivity contribution in [3.05, 3.63) is 77.3 Å². The highest BCUT2D eigenvalue weighted by molar-refractivity contribution is 7.22. The topological polar surface area (TPSA) is 42.0 Å². The Bertz CT molecular complexity index is 1160. The van der Waals surface area contributed by atoms with Crippen LogP contribution in [0.1, 0.15) is 23.2 Å². The van der Waals surface area contributed by atoms with E-state index in [0.29, 0.717) is 0 Å². The van der Waals surface area contributed by atoms with Gasteiger partial charge in [-0.2, -0.15) is 0 Å². The molecule has 138 valence electrons. The maximum absolute atomic E-state index is 12.1. The van der Waals surface area contributed by atoms with Gasteiger partial charge >= 0.3 is 0 Å². The van der Waals surface area contributed by atoms with E-state index in [1.165, 1.54) is 0 Å². The number of fused-ring (bicyclic) bond motifs is 1. The van der Waals surface area contributed by atoms with Crippen molar-refractivity contribution in [2.45, 2.75) is 12.8 Å². The highest BCUT2D eigenvalue weighted by Gasteiger charge is 2.30. The highest BCUT2D eigenvalue weighted by Crippen LogP contribution is 2.33. The van der Waals surface area contributed by atoms with Crippen LogP contribution in [0.4, 0.5) is 10.8 Å². The molecule has 1 N–H and O–H groups in total. The molecule has 3 nitrogen and oxygen atoms in total. The first-order valence-corrected chi connectivity index (χ1v) is 10.4. The lowest BCUT2D eigenvalue weighted by Gasteiger charge is -2.06. The number of thiazole rings is 1. The van der Waals surface area contributed by atoms with Gasteiger partial charge in [0, 0.05) is 22.2 Å². The molecule has 0 unspecified atom stereocenters. The van der Waals surface area contributed by atoms with E-state index in [-0.39, 0.29) is 11.7 Å². The lowest BCUT2D eigenvalue weighted by atomic mass is 10.0. The molecule has 1 heterocycles. The molecule has 1 fully saturated rings. The molecule has 1 aromatic heterocycles. The number of rotatable bonds is 5. The van der Waals surface area contributed by atoms with Crippen LogP contribution in [0.5, 0.6) is 0 Å². The molecule has 4 aromatic rings. The molecule has 1 aliphatic carbocycles. The molecule has 1 aliphatic rings. The number of hydrogen-bond acceptors (Lipinski definition) is 4. The standard InChI is InChI=1S/C23H17ClN2OS/c24-18-9-12-20-21(13-18)28-23(26-20)25-19-10-7-15(8-11-19)14-1-3-16(4-2-14)22(27)17-5-6-17/h1-4,7-13,17H,5-6H2,(H,25,26). The summed E-state index contributed by atoms with van der Waals surface area (Å²) in [5, 5.41) is 4.91.